The van der Waals surface area contributed by atoms with Crippen LogP contribution in [0.4, 0.5) is 16.4 Å². The maximum atomic E-state index is 13.3. The summed E-state index contributed by atoms with van der Waals surface area (Å²) in [6.07, 6.45) is 2.90. The van der Waals surface area contributed by atoms with Gasteiger partial charge in [-0.25, -0.2) is 23.2 Å². The van der Waals surface area contributed by atoms with Crippen molar-refractivity contribution in [3.05, 3.63) is 54.2 Å². The van der Waals surface area contributed by atoms with Crippen molar-refractivity contribution in [2.24, 2.45) is 0 Å². The molecule has 4 heterocycles. The van der Waals surface area contributed by atoms with Gasteiger partial charge in [0.15, 0.2) is 0 Å². The minimum atomic E-state index is -3.53. The van der Waals surface area contributed by atoms with Crippen LogP contribution >= 0.6 is 11.3 Å². The van der Waals surface area contributed by atoms with E-state index in [1.807, 2.05) is 24.3 Å². The number of aromatic nitrogens is 2. The number of para-hydroxylation sites is 1. The van der Waals surface area contributed by atoms with Crippen LogP contribution in [0, 0.1) is 0 Å². The molecule has 3 N–H and O–H groups in total. The molecule has 2 aliphatic heterocycles. The molecule has 1 unspecified atom stereocenters. The molecule has 1 atom stereocenters. The summed E-state index contributed by atoms with van der Waals surface area (Å²) in [6.45, 7) is 2.43. The normalized spacial score (nSPS) is 17.9. The molecule has 172 valence electrons. The SMILES string of the molecule is O=C1NCCN1CCNc1nccc(-c2ccc(S(=O)(=O)C3CCc4ccccc4N3)s2)n1. The summed E-state index contributed by atoms with van der Waals surface area (Å²) in [5.74, 6) is 0.440. The molecule has 0 bridgehead atoms. The molecule has 11 heteroatoms. The standard InChI is InChI=1S/C22H24N6O3S2/c29-22-25-12-14-28(22)13-11-24-21-23-10-9-17(27-21)18-6-8-20(32-18)33(30,31)19-7-5-15-3-1-2-4-16(15)26-19/h1-4,6,8-10,19,26H,5,7,11-14H2,(H,25,29)(H,23,24,27). The van der Waals surface area contributed by atoms with Crippen LogP contribution in [0.1, 0.15) is 12.0 Å². The van der Waals surface area contributed by atoms with Crippen molar-refractivity contribution in [3.8, 4) is 10.6 Å². The summed E-state index contributed by atoms with van der Waals surface area (Å²) >= 11 is 1.21. The number of thiophene rings is 1. The molecule has 0 radical (unpaired) electrons. The maximum absolute atomic E-state index is 13.3. The van der Waals surface area contributed by atoms with E-state index in [1.54, 1.807) is 29.3 Å². The van der Waals surface area contributed by atoms with Crippen LogP contribution in [0.25, 0.3) is 10.6 Å². The number of sulfone groups is 1. The average molecular weight is 485 g/mol. The third-order valence-corrected chi connectivity index (χ3v) is 9.41. The van der Waals surface area contributed by atoms with Crippen LogP contribution in [0.3, 0.4) is 0 Å². The summed E-state index contributed by atoms with van der Waals surface area (Å²) in [5, 5.41) is 8.45. The Bertz CT molecular complexity index is 1280. The van der Waals surface area contributed by atoms with E-state index in [2.05, 4.69) is 25.9 Å². The first-order valence-corrected chi connectivity index (χ1v) is 13.2. The number of benzene rings is 1. The van der Waals surface area contributed by atoms with Crippen molar-refractivity contribution in [3.63, 3.8) is 0 Å². The highest BCUT2D eigenvalue weighted by atomic mass is 32.2. The lowest BCUT2D eigenvalue weighted by Crippen LogP contribution is -2.33. The summed E-state index contributed by atoms with van der Waals surface area (Å²) < 4.78 is 26.9. The van der Waals surface area contributed by atoms with Gasteiger partial charge < -0.3 is 20.9 Å². The van der Waals surface area contributed by atoms with Crippen molar-refractivity contribution >= 4 is 38.8 Å². The van der Waals surface area contributed by atoms with E-state index in [0.717, 1.165) is 22.5 Å². The number of carbonyl (C=O) groups is 1. The summed E-state index contributed by atoms with van der Waals surface area (Å²) in [7, 11) is -3.53. The van der Waals surface area contributed by atoms with Gasteiger partial charge in [0.2, 0.25) is 15.8 Å². The molecular weight excluding hydrogens is 460 g/mol. The predicted molar refractivity (Wildman–Crippen MR) is 128 cm³/mol. The number of hydrogen-bond acceptors (Lipinski definition) is 8. The van der Waals surface area contributed by atoms with Crippen LogP contribution < -0.4 is 16.0 Å². The minimum Gasteiger partial charge on any atom is -0.369 e. The molecule has 2 aromatic heterocycles. The molecule has 9 nitrogen and oxygen atoms in total. The number of nitrogens with one attached hydrogen (secondary N) is 3. The number of urea groups is 1. The number of hydrogen-bond donors (Lipinski definition) is 3. The average Bonchev–Trinajstić information content (AvgIpc) is 3.49. The summed E-state index contributed by atoms with van der Waals surface area (Å²) in [5.41, 5.74) is 2.68. The van der Waals surface area contributed by atoms with Crippen molar-refractivity contribution in [1.29, 1.82) is 0 Å². The number of nitrogens with zero attached hydrogens (tertiary/aromatic N) is 3. The van der Waals surface area contributed by atoms with Gasteiger partial charge >= 0.3 is 6.03 Å². The third kappa shape index (κ3) is 4.51. The molecule has 1 fully saturated rings. The Balaban J connectivity index is 1.27. The van der Waals surface area contributed by atoms with Gasteiger partial charge in [-0.15, -0.1) is 11.3 Å². The molecule has 2 aliphatic rings. The zero-order chi connectivity index (χ0) is 22.8. The van der Waals surface area contributed by atoms with Crippen LogP contribution in [0.2, 0.25) is 0 Å². The van der Waals surface area contributed by atoms with Gasteiger partial charge in [0, 0.05) is 38.1 Å². The monoisotopic (exact) mass is 484 g/mol. The smallest absolute Gasteiger partial charge is 0.317 e. The van der Waals surface area contributed by atoms with E-state index in [-0.39, 0.29) is 6.03 Å². The second-order valence-corrected chi connectivity index (χ2v) is 11.3. The van der Waals surface area contributed by atoms with E-state index in [1.165, 1.54) is 11.3 Å². The number of amides is 2. The molecule has 2 amide bonds. The molecule has 5 rings (SSSR count). The van der Waals surface area contributed by atoms with E-state index >= 15 is 0 Å². The second kappa shape index (κ2) is 8.99. The minimum absolute atomic E-state index is 0.0604. The van der Waals surface area contributed by atoms with Crippen LogP contribution in [-0.2, 0) is 16.3 Å². The van der Waals surface area contributed by atoms with Crippen LogP contribution in [-0.4, -0.2) is 60.9 Å². The quantitative estimate of drug-likeness (QED) is 0.472. The van der Waals surface area contributed by atoms with Gasteiger partial charge in [-0.05, 0) is 42.7 Å². The first-order chi connectivity index (χ1) is 16.0. The molecule has 33 heavy (non-hydrogen) atoms. The van der Waals surface area contributed by atoms with E-state index in [0.29, 0.717) is 48.5 Å². The lowest BCUT2D eigenvalue weighted by atomic mass is 10.0. The Morgan fingerprint density at radius 2 is 2.06 bits per heavy atom. The van der Waals surface area contributed by atoms with Crippen LogP contribution in [0.5, 0.6) is 0 Å². The Kier molecular flexibility index (Phi) is 5.90. The number of fused-ring (bicyclic) bond motifs is 1. The first kappa shape index (κ1) is 21.7. The molecule has 0 aliphatic carbocycles. The summed E-state index contributed by atoms with van der Waals surface area (Å²) in [6, 6.07) is 13.0. The van der Waals surface area contributed by atoms with E-state index in [9.17, 15) is 13.2 Å². The Morgan fingerprint density at radius 3 is 2.91 bits per heavy atom. The molecule has 1 aromatic carbocycles. The molecular formula is C22H24N6O3S2. The van der Waals surface area contributed by atoms with Crippen molar-refractivity contribution in [2.45, 2.75) is 22.4 Å². The third-order valence-electron chi connectivity index (χ3n) is 5.76. The van der Waals surface area contributed by atoms with Gasteiger partial charge in [0.25, 0.3) is 0 Å². The highest BCUT2D eigenvalue weighted by Crippen LogP contribution is 2.35. The number of aryl methyl sites for hydroxylation is 1. The zero-order valence-corrected chi connectivity index (χ0v) is 19.5. The van der Waals surface area contributed by atoms with Gasteiger partial charge in [0.1, 0.15) is 9.58 Å². The van der Waals surface area contributed by atoms with Crippen molar-refractivity contribution in [1.82, 2.24) is 20.2 Å². The first-order valence-electron chi connectivity index (χ1n) is 10.8. The number of carbonyl (C=O) groups excluding carboxylic acids is 1. The highest BCUT2D eigenvalue weighted by Gasteiger charge is 2.32. The Morgan fingerprint density at radius 1 is 1.18 bits per heavy atom. The fraction of sp³-hybridized carbons (Fsp3) is 0.318. The number of rotatable bonds is 7. The second-order valence-electron chi connectivity index (χ2n) is 7.90. The lowest BCUT2D eigenvalue weighted by Gasteiger charge is -2.26. The number of anilines is 2. The van der Waals surface area contributed by atoms with Gasteiger partial charge in [-0.1, -0.05) is 18.2 Å². The fourth-order valence-electron chi connectivity index (χ4n) is 4.00. The van der Waals surface area contributed by atoms with Gasteiger partial charge in [-0.3, -0.25) is 0 Å². The molecule has 1 saturated heterocycles. The fourth-order valence-corrected chi connectivity index (χ4v) is 7.04. The van der Waals surface area contributed by atoms with Gasteiger partial charge in [-0.2, -0.15) is 0 Å². The van der Waals surface area contributed by atoms with Crippen molar-refractivity contribution in [2.75, 3.05) is 36.8 Å². The van der Waals surface area contributed by atoms with Crippen molar-refractivity contribution < 1.29 is 13.2 Å². The Hall–Kier alpha value is -3.18. The Labute approximate surface area is 196 Å². The summed E-state index contributed by atoms with van der Waals surface area (Å²) in [4.78, 5) is 22.9. The van der Waals surface area contributed by atoms with E-state index < -0.39 is 15.2 Å². The van der Waals surface area contributed by atoms with Gasteiger partial charge in [0.05, 0.1) is 10.6 Å². The van der Waals surface area contributed by atoms with Crippen LogP contribution in [0.15, 0.2) is 52.9 Å². The lowest BCUT2D eigenvalue weighted by molar-refractivity contribution is 0.219. The zero-order valence-electron chi connectivity index (χ0n) is 17.8. The molecule has 0 spiro atoms. The predicted octanol–water partition coefficient (Wildman–Crippen LogP) is 2.80. The largest absolute Gasteiger partial charge is 0.369 e. The molecule has 0 saturated carbocycles. The molecule has 3 aromatic rings. The maximum Gasteiger partial charge on any atom is 0.317 e. The van der Waals surface area contributed by atoms with E-state index in [4.69, 9.17) is 0 Å². The topological polar surface area (TPSA) is 116 Å². The highest BCUT2D eigenvalue weighted by molar-refractivity contribution is 7.94.